The topological polar surface area (TPSA) is 69.6 Å². The second-order valence-corrected chi connectivity index (χ2v) is 5.38. The number of hydrogen-bond donors (Lipinski definition) is 2. The molecule has 0 saturated heterocycles. The minimum atomic E-state index is -0.944. The Balaban J connectivity index is 1.75. The molecule has 2 rings (SSSR count). The predicted molar refractivity (Wildman–Crippen MR) is 62.6 cm³/mol. The quantitative estimate of drug-likeness (QED) is 0.731. The van der Waals surface area contributed by atoms with E-state index in [1.165, 1.54) is 11.3 Å². The van der Waals surface area contributed by atoms with Crippen LogP contribution in [-0.4, -0.2) is 41.6 Å². The van der Waals surface area contributed by atoms with Crippen LogP contribution in [0.2, 0.25) is 0 Å². The van der Waals surface area contributed by atoms with Gasteiger partial charge < -0.3 is 15.3 Å². The van der Waals surface area contributed by atoms with Gasteiger partial charge in [-0.2, -0.15) is 0 Å². The van der Waals surface area contributed by atoms with E-state index in [1.807, 2.05) is 0 Å². The minimum absolute atomic E-state index is 0.192. The summed E-state index contributed by atoms with van der Waals surface area (Å²) in [5.74, 6) is 0.860. The number of urea groups is 1. The van der Waals surface area contributed by atoms with Crippen molar-refractivity contribution in [2.45, 2.75) is 26.2 Å². The van der Waals surface area contributed by atoms with Crippen molar-refractivity contribution < 1.29 is 14.7 Å². The predicted octanol–water partition coefficient (Wildman–Crippen LogP) is 1.15. The molecule has 2 unspecified atom stereocenters. The van der Waals surface area contributed by atoms with Gasteiger partial charge in [0, 0.05) is 13.1 Å². The molecule has 2 fully saturated rings. The van der Waals surface area contributed by atoms with E-state index in [-0.39, 0.29) is 12.6 Å². The van der Waals surface area contributed by atoms with Crippen LogP contribution in [0.15, 0.2) is 0 Å². The lowest BCUT2D eigenvalue weighted by Gasteiger charge is -2.21. The fourth-order valence-corrected chi connectivity index (χ4v) is 2.01. The third-order valence-corrected chi connectivity index (χ3v) is 3.58. The highest BCUT2D eigenvalue weighted by atomic mass is 16.4. The average molecular weight is 240 g/mol. The Labute approximate surface area is 101 Å². The Kier molecular flexibility index (Phi) is 3.54. The van der Waals surface area contributed by atoms with Crippen molar-refractivity contribution in [3.63, 3.8) is 0 Å². The average Bonchev–Trinajstić information content (AvgIpc) is 3.13. The lowest BCUT2D eigenvalue weighted by atomic mass is 10.3. The lowest BCUT2D eigenvalue weighted by Crippen LogP contribution is -2.44. The van der Waals surface area contributed by atoms with E-state index < -0.39 is 5.97 Å². The Morgan fingerprint density at radius 2 is 2.06 bits per heavy atom. The molecule has 2 atom stereocenters. The molecule has 17 heavy (non-hydrogen) atoms. The maximum absolute atomic E-state index is 11.8. The zero-order valence-corrected chi connectivity index (χ0v) is 10.2. The summed E-state index contributed by atoms with van der Waals surface area (Å²) in [6.45, 7) is 3.23. The molecule has 2 N–H and O–H groups in total. The van der Waals surface area contributed by atoms with Crippen molar-refractivity contribution >= 4 is 12.0 Å². The summed E-state index contributed by atoms with van der Waals surface area (Å²) in [6, 6.07) is -0.224. The lowest BCUT2D eigenvalue weighted by molar-refractivity contribution is -0.137. The van der Waals surface area contributed by atoms with E-state index in [0.29, 0.717) is 30.8 Å². The van der Waals surface area contributed by atoms with Crippen LogP contribution in [0.5, 0.6) is 0 Å². The summed E-state index contributed by atoms with van der Waals surface area (Å²) in [4.78, 5) is 24.0. The van der Waals surface area contributed by atoms with Gasteiger partial charge in [0.05, 0.1) is 0 Å². The zero-order valence-electron chi connectivity index (χ0n) is 10.2. The maximum Gasteiger partial charge on any atom is 0.323 e. The number of carboxylic acid groups (broad SMARTS) is 1. The first kappa shape index (κ1) is 12.2. The normalized spacial score (nSPS) is 26.4. The van der Waals surface area contributed by atoms with E-state index in [4.69, 9.17) is 5.11 Å². The van der Waals surface area contributed by atoms with Gasteiger partial charge in [-0.3, -0.25) is 4.79 Å². The number of amides is 2. The van der Waals surface area contributed by atoms with Gasteiger partial charge in [-0.25, -0.2) is 4.79 Å². The summed E-state index contributed by atoms with van der Waals surface area (Å²) in [6.07, 6.45) is 3.40. The van der Waals surface area contributed by atoms with Crippen molar-refractivity contribution in [1.82, 2.24) is 10.2 Å². The molecule has 5 nitrogen and oxygen atoms in total. The Morgan fingerprint density at radius 1 is 1.41 bits per heavy atom. The first-order valence-electron chi connectivity index (χ1n) is 6.31. The van der Waals surface area contributed by atoms with Crippen LogP contribution in [0.1, 0.15) is 26.2 Å². The van der Waals surface area contributed by atoms with Crippen molar-refractivity contribution in [2.75, 3.05) is 19.6 Å². The third kappa shape index (κ3) is 3.91. The molecular weight excluding hydrogens is 220 g/mol. The number of carboxylic acids is 1. The molecule has 0 aromatic carbocycles. The number of nitrogens with zero attached hydrogens (tertiary/aromatic N) is 1. The SMILES string of the molecule is CC1CC1CNC(=O)N(CC(=O)O)CC1CC1. The largest absolute Gasteiger partial charge is 0.480 e. The van der Waals surface area contributed by atoms with E-state index >= 15 is 0 Å². The second-order valence-electron chi connectivity index (χ2n) is 5.38. The second kappa shape index (κ2) is 4.94. The molecule has 0 bridgehead atoms. The van der Waals surface area contributed by atoms with Crippen molar-refractivity contribution in [3.05, 3.63) is 0 Å². The highest BCUT2D eigenvalue weighted by Gasteiger charge is 2.33. The van der Waals surface area contributed by atoms with Crippen LogP contribution in [-0.2, 0) is 4.79 Å². The van der Waals surface area contributed by atoms with Gasteiger partial charge in [-0.15, -0.1) is 0 Å². The first-order valence-corrected chi connectivity index (χ1v) is 6.31. The maximum atomic E-state index is 11.8. The summed E-state index contributed by atoms with van der Waals surface area (Å²) in [7, 11) is 0. The molecule has 5 heteroatoms. The van der Waals surface area contributed by atoms with Crippen LogP contribution in [0.25, 0.3) is 0 Å². The monoisotopic (exact) mass is 240 g/mol. The van der Waals surface area contributed by atoms with Crippen molar-refractivity contribution in [1.29, 1.82) is 0 Å². The Bertz CT molecular complexity index is 315. The van der Waals surface area contributed by atoms with Gasteiger partial charge in [0.15, 0.2) is 0 Å². The number of hydrogen-bond acceptors (Lipinski definition) is 2. The highest BCUT2D eigenvalue weighted by Crippen LogP contribution is 2.36. The first-order chi connectivity index (χ1) is 8.06. The van der Waals surface area contributed by atoms with Crippen LogP contribution in [0.3, 0.4) is 0 Å². The highest BCUT2D eigenvalue weighted by molar-refractivity contribution is 5.80. The summed E-state index contributed by atoms with van der Waals surface area (Å²) >= 11 is 0. The van der Waals surface area contributed by atoms with Gasteiger partial charge in [0.25, 0.3) is 0 Å². The number of rotatable bonds is 6. The van der Waals surface area contributed by atoms with Crippen LogP contribution >= 0.6 is 0 Å². The van der Waals surface area contributed by atoms with Crippen LogP contribution < -0.4 is 5.32 Å². The molecular formula is C12H20N2O3. The summed E-state index contributed by atoms with van der Waals surface area (Å²) in [5.41, 5.74) is 0. The fraction of sp³-hybridized carbons (Fsp3) is 0.833. The molecule has 0 radical (unpaired) electrons. The minimum Gasteiger partial charge on any atom is -0.480 e. The Morgan fingerprint density at radius 3 is 2.53 bits per heavy atom. The van der Waals surface area contributed by atoms with Crippen LogP contribution in [0, 0.1) is 17.8 Å². The molecule has 2 amide bonds. The summed E-state index contributed by atoms with van der Waals surface area (Å²) < 4.78 is 0. The molecule has 0 spiro atoms. The molecule has 0 aliphatic heterocycles. The fourth-order valence-electron chi connectivity index (χ4n) is 2.01. The van der Waals surface area contributed by atoms with Gasteiger partial charge in [-0.05, 0) is 37.0 Å². The molecule has 0 aromatic heterocycles. The summed E-state index contributed by atoms with van der Waals surface area (Å²) in [5, 5.41) is 11.6. The number of nitrogens with one attached hydrogen (secondary N) is 1. The molecule has 0 aromatic rings. The number of aliphatic carboxylic acids is 1. The standard InChI is InChI=1S/C12H20N2O3/c1-8-4-10(8)5-13-12(17)14(7-11(15)16)6-9-2-3-9/h8-10H,2-7H2,1H3,(H,13,17)(H,15,16). The van der Waals surface area contributed by atoms with Crippen molar-refractivity contribution in [2.24, 2.45) is 17.8 Å². The molecule has 2 saturated carbocycles. The smallest absolute Gasteiger partial charge is 0.323 e. The van der Waals surface area contributed by atoms with Gasteiger partial charge in [0.2, 0.25) is 0 Å². The third-order valence-electron chi connectivity index (χ3n) is 3.58. The van der Waals surface area contributed by atoms with E-state index in [1.54, 1.807) is 0 Å². The van der Waals surface area contributed by atoms with Crippen LogP contribution in [0.4, 0.5) is 4.79 Å². The number of carbonyl (C=O) groups is 2. The van der Waals surface area contributed by atoms with E-state index in [2.05, 4.69) is 12.2 Å². The van der Waals surface area contributed by atoms with E-state index in [0.717, 1.165) is 12.8 Å². The van der Waals surface area contributed by atoms with E-state index in [9.17, 15) is 9.59 Å². The molecule has 0 heterocycles. The van der Waals surface area contributed by atoms with Gasteiger partial charge in [-0.1, -0.05) is 6.92 Å². The van der Waals surface area contributed by atoms with Crippen molar-refractivity contribution in [3.8, 4) is 0 Å². The van der Waals surface area contributed by atoms with Gasteiger partial charge >= 0.3 is 12.0 Å². The zero-order chi connectivity index (χ0) is 12.4. The number of carbonyl (C=O) groups excluding carboxylic acids is 1. The molecule has 2 aliphatic carbocycles. The molecule has 2 aliphatic rings. The Hall–Kier alpha value is -1.26. The molecule has 96 valence electrons. The van der Waals surface area contributed by atoms with Gasteiger partial charge in [0.1, 0.15) is 6.54 Å².